The van der Waals surface area contributed by atoms with Crippen LogP contribution in [-0.4, -0.2) is 22.7 Å². The predicted octanol–water partition coefficient (Wildman–Crippen LogP) is 7.64. The molecule has 0 bridgehead atoms. The van der Waals surface area contributed by atoms with Gasteiger partial charge in [-0.2, -0.15) is 0 Å². The summed E-state index contributed by atoms with van der Waals surface area (Å²) in [5, 5.41) is 10.5. The number of aryl methyl sites for hydroxylation is 2. The number of hydrogen-bond donors (Lipinski definition) is 3. The molecular weight excluding hydrogens is 589 g/mol. The molecule has 5 aromatic rings. The van der Waals surface area contributed by atoms with E-state index in [0.717, 1.165) is 27.3 Å². The van der Waals surface area contributed by atoms with Crippen LogP contribution in [-0.2, 0) is 9.59 Å². The number of amides is 3. The van der Waals surface area contributed by atoms with Gasteiger partial charge in [-0.3, -0.25) is 14.4 Å². The summed E-state index contributed by atoms with van der Waals surface area (Å²) in [6.45, 7) is 3.83. The molecule has 3 N–H and O–H groups in total. The van der Waals surface area contributed by atoms with Crippen LogP contribution in [0.15, 0.2) is 125 Å². The number of carbonyl (C=O) groups is 3. The molecule has 44 heavy (non-hydrogen) atoms. The lowest BCUT2D eigenvalue weighted by Crippen LogP contribution is -2.30. The molecule has 0 aliphatic rings. The highest BCUT2D eigenvalue weighted by Crippen LogP contribution is 2.37. The molecule has 4 aromatic carbocycles. The average Bonchev–Trinajstić information content (AvgIpc) is 3.46. The number of rotatable bonds is 10. The zero-order valence-electron chi connectivity index (χ0n) is 24.1. The Labute approximate surface area is 264 Å². The number of carbonyl (C=O) groups excluding carboxylic acids is 3. The van der Waals surface area contributed by atoms with Crippen LogP contribution in [0.25, 0.3) is 6.08 Å². The molecule has 5 rings (SSSR count). The Bertz CT molecular complexity index is 1790. The minimum absolute atomic E-state index is 0.116. The van der Waals surface area contributed by atoms with Gasteiger partial charge in [0.1, 0.15) is 10.9 Å². The second-order valence-corrected chi connectivity index (χ2v) is 11.9. The first-order chi connectivity index (χ1) is 21.4. The van der Waals surface area contributed by atoms with Crippen molar-refractivity contribution in [2.24, 2.45) is 0 Å². The summed E-state index contributed by atoms with van der Waals surface area (Å²) in [6, 6.07) is 33.2. The highest BCUT2D eigenvalue weighted by molar-refractivity contribution is 8.00. The van der Waals surface area contributed by atoms with Crippen molar-refractivity contribution >= 4 is 57.7 Å². The zero-order chi connectivity index (χ0) is 30.9. The maximum atomic E-state index is 13.5. The van der Waals surface area contributed by atoms with E-state index in [9.17, 15) is 14.4 Å². The van der Waals surface area contributed by atoms with Crippen LogP contribution >= 0.6 is 23.1 Å². The number of thiazole rings is 1. The van der Waals surface area contributed by atoms with E-state index in [0.29, 0.717) is 16.4 Å². The Hall–Kier alpha value is -4.99. The lowest BCUT2D eigenvalue weighted by atomic mass is 10.1. The maximum absolute atomic E-state index is 13.5. The zero-order valence-corrected chi connectivity index (χ0v) is 25.7. The molecule has 7 nitrogen and oxygen atoms in total. The normalized spacial score (nSPS) is 11.8. The molecule has 0 saturated heterocycles. The van der Waals surface area contributed by atoms with Gasteiger partial charge in [-0.1, -0.05) is 72.8 Å². The number of hydrogen-bond acceptors (Lipinski definition) is 6. The first-order valence-electron chi connectivity index (χ1n) is 13.9. The minimum Gasteiger partial charge on any atom is -0.321 e. The van der Waals surface area contributed by atoms with Gasteiger partial charge in [0.15, 0.2) is 5.13 Å². The fraction of sp³-hybridized carbons (Fsp3) is 0.0857. The van der Waals surface area contributed by atoms with E-state index in [1.54, 1.807) is 42.5 Å². The van der Waals surface area contributed by atoms with Crippen molar-refractivity contribution in [3.05, 3.63) is 148 Å². The summed E-state index contributed by atoms with van der Waals surface area (Å²) in [5.41, 5.74) is 4.60. The maximum Gasteiger partial charge on any atom is 0.272 e. The molecule has 220 valence electrons. The number of nitrogens with zero attached hydrogens (tertiary/aromatic N) is 1. The summed E-state index contributed by atoms with van der Waals surface area (Å²) in [5.74, 6) is -1.02. The van der Waals surface area contributed by atoms with Crippen molar-refractivity contribution < 1.29 is 14.4 Å². The summed E-state index contributed by atoms with van der Waals surface area (Å²) in [7, 11) is 0. The molecule has 9 heteroatoms. The Morgan fingerprint density at radius 3 is 2.11 bits per heavy atom. The lowest BCUT2D eigenvalue weighted by molar-refractivity contribution is -0.116. The SMILES string of the molecule is Cc1csc(NC(=O)C(Sc2ccc(NC(=O)/C(=C/c3ccccc3C)NC(=O)c3ccccc3)cc2)c2ccccc2)n1. The topological polar surface area (TPSA) is 100 Å². The summed E-state index contributed by atoms with van der Waals surface area (Å²) in [4.78, 5) is 44.9. The molecule has 0 fully saturated rings. The molecule has 1 atom stereocenters. The second kappa shape index (κ2) is 14.5. The van der Waals surface area contributed by atoms with Crippen molar-refractivity contribution in [1.82, 2.24) is 10.3 Å². The molecule has 3 amide bonds. The minimum atomic E-state index is -0.516. The van der Waals surface area contributed by atoms with Crippen LogP contribution in [0.2, 0.25) is 0 Å². The third-order valence-electron chi connectivity index (χ3n) is 6.57. The Morgan fingerprint density at radius 2 is 1.45 bits per heavy atom. The number of thioether (sulfide) groups is 1. The van der Waals surface area contributed by atoms with Gasteiger partial charge >= 0.3 is 0 Å². The van der Waals surface area contributed by atoms with Crippen LogP contribution in [0.5, 0.6) is 0 Å². The van der Waals surface area contributed by atoms with Crippen LogP contribution in [0, 0.1) is 13.8 Å². The fourth-order valence-corrected chi connectivity index (χ4v) is 6.00. The number of nitrogens with one attached hydrogen (secondary N) is 3. The van der Waals surface area contributed by atoms with E-state index < -0.39 is 11.2 Å². The van der Waals surface area contributed by atoms with Gasteiger partial charge < -0.3 is 16.0 Å². The first-order valence-corrected chi connectivity index (χ1v) is 15.6. The standard InChI is InChI=1S/C35H30N4O3S2/c1-23-11-9-10-16-27(23)21-30(38-32(40)26-14-7-4-8-15-26)33(41)37-28-17-19-29(20-18-28)44-31(25-12-5-3-6-13-25)34(42)39-35-36-24(2)22-43-35/h3-22,31H,1-2H3,(H,37,41)(H,38,40)(H,36,39,42)/b30-21-. The Balaban J connectivity index is 1.33. The van der Waals surface area contributed by atoms with Gasteiger partial charge in [0.25, 0.3) is 11.8 Å². The lowest BCUT2D eigenvalue weighted by Gasteiger charge is -2.17. The monoisotopic (exact) mass is 618 g/mol. The van der Waals surface area contributed by atoms with E-state index in [1.165, 1.54) is 23.1 Å². The molecule has 1 heterocycles. The van der Waals surface area contributed by atoms with Crippen molar-refractivity contribution in [2.45, 2.75) is 24.0 Å². The first kappa shape index (κ1) is 30.5. The van der Waals surface area contributed by atoms with Crippen molar-refractivity contribution in [2.75, 3.05) is 10.6 Å². The summed E-state index contributed by atoms with van der Waals surface area (Å²) >= 11 is 2.79. The molecule has 0 aliphatic heterocycles. The van der Waals surface area contributed by atoms with E-state index in [-0.39, 0.29) is 17.5 Å². The van der Waals surface area contributed by atoms with Gasteiger partial charge in [-0.25, -0.2) is 4.98 Å². The van der Waals surface area contributed by atoms with E-state index in [2.05, 4.69) is 20.9 Å². The molecule has 0 radical (unpaired) electrons. The highest BCUT2D eigenvalue weighted by Gasteiger charge is 2.23. The molecule has 0 spiro atoms. The number of aromatic nitrogens is 1. The molecular formula is C35H30N4O3S2. The van der Waals surface area contributed by atoms with Crippen molar-refractivity contribution in [1.29, 1.82) is 0 Å². The average molecular weight is 619 g/mol. The third-order valence-corrected chi connectivity index (χ3v) is 8.71. The Morgan fingerprint density at radius 1 is 0.795 bits per heavy atom. The quantitative estimate of drug-likeness (QED) is 0.110. The predicted molar refractivity (Wildman–Crippen MR) is 179 cm³/mol. The number of anilines is 2. The Kier molecular flexibility index (Phi) is 10.0. The molecule has 0 saturated carbocycles. The van der Waals surface area contributed by atoms with Crippen LogP contribution in [0.4, 0.5) is 10.8 Å². The van der Waals surface area contributed by atoms with Gasteiger partial charge in [0, 0.05) is 21.5 Å². The van der Waals surface area contributed by atoms with Crippen LogP contribution in [0.3, 0.4) is 0 Å². The fourth-order valence-electron chi connectivity index (χ4n) is 4.28. The summed E-state index contributed by atoms with van der Waals surface area (Å²) in [6.07, 6.45) is 1.67. The smallest absolute Gasteiger partial charge is 0.272 e. The largest absolute Gasteiger partial charge is 0.321 e. The number of benzene rings is 4. The van der Waals surface area contributed by atoms with Crippen molar-refractivity contribution in [3.8, 4) is 0 Å². The molecule has 0 aliphatic carbocycles. The van der Waals surface area contributed by atoms with Gasteiger partial charge in [0.05, 0.1) is 5.69 Å². The van der Waals surface area contributed by atoms with Crippen molar-refractivity contribution in [3.63, 3.8) is 0 Å². The van der Waals surface area contributed by atoms with Gasteiger partial charge in [-0.15, -0.1) is 23.1 Å². The highest BCUT2D eigenvalue weighted by atomic mass is 32.2. The van der Waals surface area contributed by atoms with E-state index >= 15 is 0 Å². The van der Waals surface area contributed by atoms with E-state index in [1.807, 2.05) is 92.0 Å². The molecule has 1 aromatic heterocycles. The van der Waals surface area contributed by atoms with E-state index in [4.69, 9.17) is 0 Å². The summed E-state index contributed by atoms with van der Waals surface area (Å²) < 4.78 is 0. The van der Waals surface area contributed by atoms with Gasteiger partial charge in [-0.05, 0) is 73.0 Å². The van der Waals surface area contributed by atoms with Gasteiger partial charge in [0.2, 0.25) is 5.91 Å². The van der Waals surface area contributed by atoms with Crippen LogP contribution in [0.1, 0.15) is 38.0 Å². The van der Waals surface area contributed by atoms with Crippen LogP contribution < -0.4 is 16.0 Å². The second-order valence-electron chi connectivity index (χ2n) is 9.91. The molecule has 1 unspecified atom stereocenters. The third kappa shape index (κ3) is 8.09.